The molecule has 0 saturated carbocycles. The molecule has 1 aliphatic carbocycles. The van der Waals surface area contributed by atoms with Crippen molar-refractivity contribution in [2.75, 3.05) is 0 Å². The third-order valence-corrected chi connectivity index (χ3v) is 3.28. The molecule has 0 radical (unpaired) electrons. The Labute approximate surface area is 104 Å². The Hall–Kier alpha value is -1.87. The first-order chi connectivity index (χ1) is 8.27. The summed E-state index contributed by atoms with van der Waals surface area (Å²) in [6, 6.07) is 11.8. The van der Waals surface area contributed by atoms with Crippen molar-refractivity contribution in [2.24, 2.45) is 0 Å². The van der Waals surface area contributed by atoms with Crippen molar-refractivity contribution in [1.29, 1.82) is 0 Å². The highest BCUT2D eigenvalue weighted by molar-refractivity contribution is 7.11. The Balaban J connectivity index is 0.000000128. The molecule has 1 aliphatic rings. The van der Waals surface area contributed by atoms with E-state index in [1.165, 1.54) is 22.5 Å². The summed E-state index contributed by atoms with van der Waals surface area (Å²) < 4.78 is 0. The Morgan fingerprint density at radius 1 is 1.18 bits per heavy atom. The molecule has 1 aromatic heterocycles. The zero-order chi connectivity index (χ0) is 12.1. The maximum Gasteiger partial charge on any atom is 0.345 e. The summed E-state index contributed by atoms with van der Waals surface area (Å²) in [4.78, 5) is 10.5. The molecule has 0 aliphatic heterocycles. The first-order valence-corrected chi connectivity index (χ1v) is 6.16. The second kappa shape index (κ2) is 5.46. The van der Waals surface area contributed by atoms with Crippen LogP contribution in [0, 0.1) is 0 Å². The number of fused-ring (bicyclic) bond motifs is 1. The molecular formula is C14H12O2S. The van der Waals surface area contributed by atoms with Gasteiger partial charge in [-0.05, 0) is 29.0 Å². The molecule has 0 unspecified atom stereocenters. The lowest BCUT2D eigenvalue weighted by Crippen LogP contribution is -1.89. The molecule has 86 valence electrons. The molecule has 3 rings (SSSR count). The van der Waals surface area contributed by atoms with Gasteiger partial charge in [0.1, 0.15) is 4.88 Å². The summed E-state index contributed by atoms with van der Waals surface area (Å²) in [5, 5.41) is 10.0. The molecule has 2 nitrogen and oxygen atoms in total. The zero-order valence-corrected chi connectivity index (χ0v) is 9.98. The number of carboxylic acid groups (broad SMARTS) is 1. The van der Waals surface area contributed by atoms with Gasteiger partial charge in [-0.3, -0.25) is 0 Å². The lowest BCUT2D eigenvalue weighted by atomic mass is 10.1. The first kappa shape index (κ1) is 11.6. The number of hydrogen-bond donors (Lipinski definition) is 1. The van der Waals surface area contributed by atoms with Crippen LogP contribution < -0.4 is 0 Å². The number of benzene rings is 1. The number of carbonyl (C=O) groups is 1. The molecule has 1 aromatic carbocycles. The van der Waals surface area contributed by atoms with Crippen molar-refractivity contribution in [1.82, 2.24) is 0 Å². The second-order valence-corrected chi connectivity index (χ2v) is 4.54. The van der Waals surface area contributed by atoms with E-state index in [2.05, 4.69) is 36.4 Å². The number of hydrogen-bond acceptors (Lipinski definition) is 2. The van der Waals surface area contributed by atoms with Gasteiger partial charge in [0.15, 0.2) is 0 Å². The summed E-state index contributed by atoms with van der Waals surface area (Å²) in [6.45, 7) is 0. The molecule has 2 aromatic rings. The van der Waals surface area contributed by atoms with E-state index in [-0.39, 0.29) is 0 Å². The maximum absolute atomic E-state index is 10.1. The highest BCUT2D eigenvalue weighted by Crippen LogP contribution is 2.17. The van der Waals surface area contributed by atoms with Crippen LogP contribution in [0.3, 0.4) is 0 Å². The molecule has 0 bridgehead atoms. The quantitative estimate of drug-likeness (QED) is 0.830. The lowest BCUT2D eigenvalue weighted by Gasteiger charge is -1.93. The molecule has 0 atom stereocenters. The topological polar surface area (TPSA) is 37.3 Å². The van der Waals surface area contributed by atoms with Crippen molar-refractivity contribution in [3.8, 4) is 0 Å². The van der Waals surface area contributed by atoms with Gasteiger partial charge in [0.2, 0.25) is 0 Å². The summed E-state index contributed by atoms with van der Waals surface area (Å²) in [5.41, 5.74) is 2.84. The van der Waals surface area contributed by atoms with Gasteiger partial charge in [-0.2, -0.15) is 0 Å². The summed E-state index contributed by atoms with van der Waals surface area (Å²) >= 11 is 1.23. The van der Waals surface area contributed by atoms with Crippen LogP contribution in [0.5, 0.6) is 0 Å². The number of allylic oxidation sites excluding steroid dienone is 1. The van der Waals surface area contributed by atoms with Gasteiger partial charge >= 0.3 is 5.97 Å². The smallest absolute Gasteiger partial charge is 0.345 e. The van der Waals surface area contributed by atoms with Crippen molar-refractivity contribution in [2.45, 2.75) is 6.42 Å². The fraction of sp³-hybridized carbons (Fsp3) is 0.0714. The van der Waals surface area contributed by atoms with Crippen molar-refractivity contribution >= 4 is 23.4 Å². The van der Waals surface area contributed by atoms with Crippen LogP contribution in [-0.4, -0.2) is 11.1 Å². The van der Waals surface area contributed by atoms with Crippen LogP contribution in [-0.2, 0) is 6.42 Å². The molecule has 1 heterocycles. The van der Waals surface area contributed by atoms with Crippen LogP contribution >= 0.6 is 11.3 Å². The SMILES string of the molecule is C1=Cc2ccccc2C1.O=C(O)c1cccs1. The van der Waals surface area contributed by atoms with E-state index in [1.807, 2.05) is 0 Å². The Morgan fingerprint density at radius 2 is 2.00 bits per heavy atom. The van der Waals surface area contributed by atoms with Gasteiger partial charge in [-0.15, -0.1) is 11.3 Å². The monoisotopic (exact) mass is 244 g/mol. The van der Waals surface area contributed by atoms with Gasteiger partial charge in [-0.1, -0.05) is 42.5 Å². The molecule has 0 amide bonds. The van der Waals surface area contributed by atoms with Crippen LogP contribution in [0.4, 0.5) is 0 Å². The molecule has 0 saturated heterocycles. The summed E-state index contributed by atoms with van der Waals surface area (Å²) in [5.74, 6) is -0.847. The number of rotatable bonds is 1. The van der Waals surface area contributed by atoms with E-state index in [0.717, 1.165) is 6.42 Å². The normalized spacial score (nSPS) is 11.5. The van der Waals surface area contributed by atoms with Crippen molar-refractivity contribution in [3.63, 3.8) is 0 Å². The molecule has 17 heavy (non-hydrogen) atoms. The summed E-state index contributed by atoms with van der Waals surface area (Å²) in [6.07, 6.45) is 5.50. The average Bonchev–Trinajstić information content (AvgIpc) is 3.01. The standard InChI is InChI=1S/C9H8.C5H4O2S/c1-2-5-9-7-3-6-8(9)4-1;6-5(7)4-2-1-3-8-4/h1-6H,7H2;1-3H,(H,6,7). The second-order valence-electron chi connectivity index (χ2n) is 3.59. The minimum absolute atomic E-state index is 0.394. The largest absolute Gasteiger partial charge is 0.477 e. The van der Waals surface area contributed by atoms with Crippen molar-refractivity contribution < 1.29 is 9.90 Å². The predicted molar refractivity (Wildman–Crippen MR) is 70.5 cm³/mol. The molecule has 3 heteroatoms. The lowest BCUT2D eigenvalue weighted by molar-refractivity contribution is 0.0702. The molecular weight excluding hydrogens is 232 g/mol. The minimum atomic E-state index is -0.847. The molecule has 0 spiro atoms. The Kier molecular flexibility index (Phi) is 3.73. The minimum Gasteiger partial charge on any atom is -0.477 e. The highest BCUT2D eigenvalue weighted by atomic mass is 32.1. The van der Waals surface area contributed by atoms with E-state index in [1.54, 1.807) is 17.5 Å². The van der Waals surface area contributed by atoms with Gasteiger partial charge < -0.3 is 5.11 Å². The van der Waals surface area contributed by atoms with Crippen molar-refractivity contribution in [3.05, 3.63) is 63.9 Å². The van der Waals surface area contributed by atoms with Crippen LogP contribution in [0.15, 0.2) is 47.9 Å². The summed E-state index contributed by atoms with van der Waals surface area (Å²) in [7, 11) is 0. The average molecular weight is 244 g/mol. The Morgan fingerprint density at radius 3 is 2.59 bits per heavy atom. The van der Waals surface area contributed by atoms with E-state index in [4.69, 9.17) is 5.11 Å². The third-order valence-electron chi connectivity index (χ3n) is 2.42. The van der Waals surface area contributed by atoms with Gasteiger partial charge in [0.25, 0.3) is 0 Å². The highest BCUT2D eigenvalue weighted by Gasteiger charge is 2.00. The fourth-order valence-electron chi connectivity index (χ4n) is 1.60. The van der Waals surface area contributed by atoms with Gasteiger partial charge in [0, 0.05) is 0 Å². The van der Waals surface area contributed by atoms with E-state index in [0.29, 0.717) is 4.88 Å². The maximum atomic E-state index is 10.1. The van der Waals surface area contributed by atoms with Crippen LogP contribution in [0.25, 0.3) is 6.08 Å². The van der Waals surface area contributed by atoms with E-state index in [9.17, 15) is 4.79 Å². The number of carboxylic acids is 1. The fourth-order valence-corrected chi connectivity index (χ4v) is 2.16. The zero-order valence-electron chi connectivity index (χ0n) is 9.17. The Bertz CT molecular complexity index is 527. The number of thiophene rings is 1. The van der Waals surface area contributed by atoms with Crippen LogP contribution in [0.2, 0.25) is 0 Å². The van der Waals surface area contributed by atoms with E-state index >= 15 is 0 Å². The van der Waals surface area contributed by atoms with Crippen LogP contribution in [0.1, 0.15) is 20.8 Å². The molecule has 0 fully saturated rings. The first-order valence-electron chi connectivity index (χ1n) is 5.28. The van der Waals surface area contributed by atoms with Gasteiger partial charge in [0.05, 0.1) is 0 Å². The number of aromatic carboxylic acids is 1. The third kappa shape index (κ3) is 3.04. The van der Waals surface area contributed by atoms with Gasteiger partial charge in [-0.25, -0.2) is 4.79 Å². The van der Waals surface area contributed by atoms with E-state index < -0.39 is 5.97 Å². The predicted octanol–water partition coefficient (Wildman–Crippen LogP) is 3.70. The molecule has 1 N–H and O–H groups in total.